The van der Waals surface area contributed by atoms with Crippen molar-refractivity contribution < 1.29 is 10.2 Å². The van der Waals surface area contributed by atoms with E-state index in [0.717, 1.165) is 11.4 Å². The van der Waals surface area contributed by atoms with Gasteiger partial charge in [0.1, 0.15) is 0 Å². The predicted octanol–water partition coefficient (Wildman–Crippen LogP) is 2.64. The summed E-state index contributed by atoms with van der Waals surface area (Å²) >= 11 is 1.74. The number of benzene rings is 2. The molecule has 0 aromatic heterocycles. The number of hydrogen-bond acceptors (Lipinski definition) is 4. The van der Waals surface area contributed by atoms with Crippen LogP contribution in [0.25, 0.3) is 0 Å². The minimum atomic E-state index is -0.746. The van der Waals surface area contributed by atoms with Gasteiger partial charge in [-0.2, -0.15) is 0 Å². The van der Waals surface area contributed by atoms with E-state index in [1.807, 2.05) is 36.4 Å². The second-order valence-corrected chi connectivity index (χ2v) is 5.57. The highest BCUT2D eigenvalue weighted by atomic mass is 32.2. The smallest absolute Gasteiger partial charge is 0.0949 e. The first-order chi connectivity index (χ1) is 9.29. The van der Waals surface area contributed by atoms with Crippen molar-refractivity contribution in [1.82, 2.24) is 0 Å². The van der Waals surface area contributed by atoms with Gasteiger partial charge in [0, 0.05) is 9.79 Å². The Bertz CT molecular complexity index is 542. The minimum absolute atomic E-state index is 0.228. The van der Waals surface area contributed by atoms with Gasteiger partial charge in [-0.15, -0.1) is 0 Å². The number of aliphatic hydroxyl groups excluding tert-OH is 2. The second-order valence-electron chi connectivity index (χ2n) is 4.48. The van der Waals surface area contributed by atoms with E-state index >= 15 is 0 Å². The lowest BCUT2D eigenvalue weighted by molar-refractivity contribution is 0.102. The Hall–Kier alpha value is -1.49. The lowest BCUT2D eigenvalue weighted by atomic mass is 10.2. The second kappa shape index (κ2) is 5.25. The molecule has 0 aliphatic carbocycles. The summed E-state index contributed by atoms with van der Waals surface area (Å²) in [5.41, 5.74) is 2.16. The normalized spacial score (nSPS) is 14.7. The monoisotopic (exact) mass is 273 g/mol. The number of nitrogens with zero attached hydrogens (tertiary/aromatic N) is 1. The van der Waals surface area contributed by atoms with Crippen LogP contribution in [0.1, 0.15) is 0 Å². The molecule has 0 radical (unpaired) electrons. The van der Waals surface area contributed by atoms with Crippen LogP contribution in [0.3, 0.4) is 0 Å². The molecule has 2 N–H and O–H groups in total. The summed E-state index contributed by atoms with van der Waals surface area (Å²) in [7, 11) is 0. The van der Waals surface area contributed by atoms with Gasteiger partial charge in [-0.05, 0) is 24.3 Å². The fourth-order valence-corrected chi connectivity index (χ4v) is 3.34. The van der Waals surface area contributed by atoms with Crippen molar-refractivity contribution >= 4 is 23.1 Å². The fraction of sp³-hybridized carbons (Fsp3) is 0.200. The topological polar surface area (TPSA) is 43.7 Å². The molecule has 1 atom stereocenters. The third kappa shape index (κ3) is 2.34. The van der Waals surface area contributed by atoms with Crippen molar-refractivity contribution in [1.29, 1.82) is 0 Å². The molecule has 2 aromatic carbocycles. The maximum atomic E-state index is 9.76. The minimum Gasteiger partial charge on any atom is -0.394 e. The molecule has 0 bridgehead atoms. The Labute approximate surface area is 116 Å². The molecule has 2 aromatic rings. The van der Waals surface area contributed by atoms with Crippen LogP contribution in [0.4, 0.5) is 11.4 Å². The van der Waals surface area contributed by atoms with Gasteiger partial charge in [-0.1, -0.05) is 36.0 Å². The van der Waals surface area contributed by atoms with E-state index in [9.17, 15) is 5.11 Å². The molecule has 1 heterocycles. The summed E-state index contributed by atoms with van der Waals surface area (Å²) in [6.07, 6.45) is -0.746. The zero-order chi connectivity index (χ0) is 13.2. The molecule has 1 aliphatic rings. The molecular formula is C15H15NO2S. The van der Waals surface area contributed by atoms with E-state index < -0.39 is 6.10 Å². The van der Waals surface area contributed by atoms with E-state index in [1.54, 1.807) is 11.8 Å². The summed E-state index contributed by atoms with van der Waals surface area (Å²) < 4.78 is 0. The molecule has 0 saturated carbocycles. The zero-order valence-corrected chi connectivity index (χ0v) is 11.2. The average Bonchev–Trinajstić information content (AvgIpc) is 2.46. The van der Waals surface area contributed by atoms with E-state index in [2.05, 4.69) is 17.0 Å². The Morgan fingerprint density at radius 3 is 2.00 bits per heavy atom. The molecule has 1 unspecified atom stereocenters. The van der Waals surface area contributed by atoms with Crippen molar-refractivity contribution in [3.05, 3.63) is 48.5 Å². The van der Waals surface area contributed by atoms with Crippen molar-refractivity contribution in [2.75, 3.05) is 18.1 Å². The molecule has 4 heteroatoms. The Morgan fingerprint density at radius 2 is 1.47 bits per heavy atom. The predicted molar refractivity (Wildman–Crippen MR) is 77.1 cm³/mol. The van der Waals surface area contributed by atoms with Crippen molar-refractivity contribution in [2.45, 2.75) is 15.9 Å². The van der Waals surface area contributed by atoms with Gasteiger partial charge < -0.3 is 15.1 Å². The fourth-order valence-electron chi connectivity index (χ4n) is 2.25. The standard InChI is InChI=1S/C15H15NO2S/c17-10-11(18)9-16-12-5-1-3-7-14(12)19-15-8-4-2-6-13(15)16/h1-8,11,17-18H,9-10H2. The van der Waals surface area contributed by atoms with Crippen LogP contribution >= 0.6 is 11.8 Å². The third-order valence-corrected chi connectivity index (χ3v) is 4.27. The highest BCUT2D eigenvalue weighted by Crippen LogP contribution is 2.47. The van der Waals surface area contributed by atoms with E-state index in [4.69, 9.17) is 5.11 Å². The first-order valence-electron chi connectivity index (χ1n) is 6.22. The molecule has 0 fully saturated rings. The molecule has 3 nitrogen and oxygen atoms in total. The van der Waals surface area contributed by atoms with Gasteiger partial charge in [0.2, 0.25) is 0 Å². The van der Waals surface area contributed by atoms with Gasteiger partial charge >= 0.3 is 0 Å². The van der Waals surface area contributed by atoms with Gasteiger partial charge in [-0.3, -0.25) is 0 Å². The quantitative estimate of drug-likeness (QED) is 0.902. The molecule has 1 aliphatic heterocycles. The van der Waals surface area contributed by atoms with Crippen LogP contribution < -0.4 is 4.90 Å². The zero-order valence-electron chi connectivity index (χ0n) is 10.4. The largest absolute Gasteiger partial charge is 0.394 e. The highest BCUT2D eigenvalue weighted by Gasteiger charge is 2.24. The van der Waals surface area contributed by atoms with Crippen molar-refractivity contribution in [3.8, 4) is 0 Å². The molecule has 19 heavy (non-hydrogen) atoms. The molecule has 0 saturated heterocycles. The van der Waals surface area contributed by atoms with Gasteiger partial charge in [0.05, 0.1) is 30.6 Å². The van der Waals surface area contributed by atoms with E-state index in [1.165, 1.54) is 9.79 Å². The van der Waals surface area contributed by atoms with Gasteiger partial charge in [0.15, 0.2) is 0 Å². The van der Waals surface area contributed by atoms with Crippen molar-refractivity contribution in [2.24, 2.45) is 0 Å². The van der Waals surface area contributed by atoms with E-state index in [0.29, 0.717) is 6.54 Å². The maximum absolute atomic E-state index is 9.76. The first kappa shape index (κ1) is 12.5. The van der Waals surface area contributed by atoms with Crippen LogP contribution in [-0.2, 0) is 0 Å². The van der Waals surface area contributed by atoms with Gasteiger partial charge in [0.25, 0.3) is 0 Å². The molecule has 0 amide bonds. The lowest BCUT2D eigenvalue weighted by Crippen LogP contribution is -2.32. The summed E-state index contributed by atoms with van der Waals surface area (Å²) in [5.74, 6) is 0. The number of fused-ring (bicyclic) bond motifs is 2. The number of hydrogen-bond donors (Lipinski definition) is 2. The van der Waals surface area contributed by atoms with Crippen molar-refractivity contribution in [3.63, 3.8) is 0 Å². The van der Waals surface area contributed by atoms with Crippen LogP contribution in [0.5, 0.6) is 0 Å². The lowest BCUT2D eigenvalue weighted by Gasteiger charge is -2.33. The van der Waals surface area contributed by atoms with Crippen LogP contribution in [0, 0.1) is 0 Å². The van der Waals surface area contributed by atoms with Crippen LogP contribution in [-0.4, -0.2) is 29.5 Å². The Morgan fingerprint density at radius 1 is 0.947 bits per heavy atom. The number of para-hydroxylation sites is 2. The summed E-state index contributed by atoms with van der Waals surface area (Å²) in [5, 5.41) is 18.8. The highest BCUT2D eigenvalue weighted by molar-refractivity contribution is 7.99. The number of rotatable bonds is 3. The SMILES string of the molecule is OCC(O)CN1c2ccccc2Sc2ccccc21. The van der Waals surface area contributed by atoms with Crippen LogP contribution in [0.2, 0.25) is 0 Å². The first-order valence-corrected chi connectivity index (χ1v) is 7.03. The number of β-amino-alcohol motifs (C(OH)–C–C–N with tert-alkyl or cyclic N) is 1. The molecule has 0 spiro atoms. The Balaban J connectivity index is 2.06. The molecular weight excluding hydrogens is 258 g/mol. The number of anilines is 2. The number of aliphatic hydroxyl groups is 2. The maximum Gasteiger partial charge on any atom is 0.0949 e. The third-order valence-electron chi connectivity index (χ3n) is 3.14. The molecule has 98 valence electrons. The summed E-state index contributed by atoms with van der Waals surface area (Å²) in [6, 6.07) is 16.3. The van der Waals surface area contributed by atoms with Crippen LogP contribution in [0.15, 0.2) is 58.3 Å². The Kier molecular flexibility index (Phi) is 3.46. The van der Waals surface area contributed by atoms with E-state index in [-0.39, 0.29) is 6.61 Å². The molecule has 3 rings (SSSR count). The summed E-state index contributed by atoms with van der Waals surface area (Å²) in [6.45, 7) is 0.166. The summed E-state index contributed by atoms with van der Waals surface area (Å²) in [4.78, 5) is 4.42. The average molecular weight is 273 g/mol. The van der Waals surface area contributed by atoms with Gasteiger partial charge in [-0.25, -0.2) is 0 Å².